The lowest BCUT2D eigenvalue weighted by Crippen LogP contribution is -2.35. The van der Waals surface area contributed by atoms with Gasteiger partial charge in [-0.3, -0.25) is 19.1 Å². The van der Waals surface area contributed by atoms with Crippen LogP contribution in [0.4, 0.5) is 4.39 Å². The Hall–Kier alpha value is -2.33. The zero-order valence-electron chi connectivity index (χ0n) is 12.8. The summed E-state index contributed by atoms with van der Waals surface area (Å²) >= 11 is 0. The molecule has 1 fully saturated rings. The average Bonchev–Trinajstić information content (AvgIpc) is 2.79. The predicted octanol–water partition coefficient (Wildman–Crippen LogP) is -0.955. The minimum Gasteiger partial charge on any atom is -0.463 e. The molecule has 1 aliphatic heterocycles. The zero-order valence-corrected chi connectivity index (χ0v) is 12.8. The largest absolute Gasteiger partial charge is 0.463 e. The Labute approximate surface area is 135 Å². The second-order valence-corrected chi connectivity index (χ2v) is 5.40. The Kier molecular flexibility index (Phi) is 5.62. The van der Waals surface area contributed by atoms with Crippen molar-refractivity contribution >= 4 is 11.8 Å². The van der Waals surface area contributed by atoms with Crippen molar-refractivity contribution in [2.75, 3.05) is 6.61 Å². The number of hydrogen-bond acceptors (Lipinski definition) is 7. The fraction of sp³-hybridized carbons (Fsp3) is 0.571. The summed E-state index contributed by atoms with van der Waals surface area (Å²) in [4.78, 5) is 46.8. The number of carbonyl (C=O) groups is 2. The molecule has 2 heterocycles. The average molecular weight is 344 g/mol. The summed E-state index contributed by atoms with van der Waals surface area (Å²) in [5.74, 6) is -0.855. The van der Waals surface area contributed by atoms with Crippen molar-refractivity contribution in [1.82, 2.24) is 9.55 Å². The van der Waals surface area contributed by atoms with E-state index in [1.165, 1.54) is 6.92 Å². The van der Waals surface area contributed by atoms with Crippen LogP contribution in [-0.4, -0.2) is 51.4 Å². The molecule has 9 nitrogen and oxygen atoms in total. The number of alkyl halides is 1. The van der Waals surface area contributed by atoms with Crippen molar-refractivity contribution in [1.29, 1.82) is 0 Å². The number of H-pyrrole nitrogens is 1. The lowest BCUT2D eigenvalue weighted by atomic mass is 10.1. The smallest absolute Gasteiger partial charge is 0.330 e. The van der Waals surface area contributed by atoms with Crippen molar-refractivity contribution in [3.8, 4) is 0 Å². The maximum absolute atomic E-state index is 14.2. The molecule has 2 N–H and O–H groups in total. The van der Waals surface area contributed by atoms with Gasteiger partial charge in [0.2, 0.25) is 0 Å². The first-order valence-corrected chi connectivity index (χ1v) is 7.23. The first kappa shape index (κ1) is 18.0. The Bertz CT molecular complexity index is 728. The number of ether oxygens (including phenoxy) is 2. The minimum absolute atomic E-state index is 0.0219. The number of aliphatic hydroxyl groups is 1. The van der Waals surface area contributed by atoms with Crippen LogP contribution in [-0.2, 0) is 19.1 Å². The molecule has 10 heteroatoms. The molecule has 0 unspecified atom stereocenters. The molecule has 4 atom stereocenters. The van der Waals surface area contributed by atoms with Crippen molar-refractivity contribution in [2.24, 2.45) is 0 Å². The van der Waals surface area contributed by atoms with Crippen molar-refractivity contribution in [3.05, 3.63) is 33.1 Å². The molecular formula is C14H17FN2O7. The van der Waals surface area contributed by atoms with Gasteiger partial charge in [-0.15, -0.1) is 0 Å². The molecule has 1 aromatic rings. The molecule has 0 aromatic carbocycles. The predicted molar refractivity (Wildman–Crippen MR) is 77.0 cm³/mol. The van der Waals surface area contributed by atoms with Gasteiger partial charge in [-0.2, -0.15) is 0 Å². The number of aliphatic hydroxyl groups excluding tert-OH is 1. The molecule has 1 aliphatic rings. The van der Waals surface area contributed by atoms with Crippen molar-refractivity contribution in [3.63, 3.8) is 0 Å². The standard InChI is InChI=1S/C14H17FN2O7/c1-7(18)2-3-10(20)23-6-8-12(21)11(15)13(24-8)17-5-4-9(19)16-14(17)22/h4-5,8,11-13,21H,2-3,6H2,1H3,(H,16,19,22)/t8-,11-,12-,13-/m1/s1. The summed E-state index contributed by atoms with van der Waals surface area (Å²) in [6.07, 6.45) is -5.25. The van der Waals surface area contributed by atoms with Crippen LogP contribution in [0.15, 0.2) is 21.9 Å². The van der Waals surface area contributed by atoms with E-state index < -0.39 is 48.4 Å². The summed E-state index contributed by atoms with van der Waals surface area (Å²) in [5, 5.41) is 9.83. The highest BCUT2D eigenvalue weighted by Gasteiger charge is 2.46. The number of rotatable bonds is 6. The Balaban J connectivity index is 1.99. The topological polar surface area (TPSA) is 128 Å². The van der Waals surface area contributed by atoms with Gasteiger partial charge in [0, 0.05) is 18.7 Å². The lowest BCUT2D eigenvalue weighted by Gasteiger charge is -2.15. The molecule has 132 valence electrons. The highest BCUT2D eigenvalue weighted by atomic mass is 19.1. The van der Waals surface area contributed by atoms with E-state index in [1.807, 2.05) is 4.98 Å². The van der Waals surface area contributed by atoms with E-state index in [1.54, 1.807) is 0 Å². The van der Waals surface area contributed by atoms with Gasteiger partial charge < -0.3 is 19.4 Å². The van der Waals surface area contributed by atoms with Gasteiger partial charge >= 0.3 is 11.7 Å². The lowest BCUT2D eigenvalue weighted by molar-refractivity contribution is -0.151. The Morgan fingerprint density at radius 1 is 1.42 bits per heavy atom. The van der Waals surface area contributed by atoms with Crippen LogP contribution in [0.5, 0.6) is 0 Å². The number of ketones is 1. The van der Waals surface area contributed by atoms with Gasteiger partial charge in [0.05, 0.1) is 6.42 Å². The number of nitrogens with one attached hydrogen (secondary N) is 1. The number of aromatic nitrogens is 2. The minimum atomic E-state index is -1.95. The number of aromatic amines is 1. The molecule has 0 bridgehead atoms. The van der Waals surface area contributed by atoms with Gasteiger partial charge in [-0.05, 0) is 6.92 Å². The molecular weight excluding hydrogens is 327 g/mol. The molecule has 0 radical (unpaired) electrons. The van der Waals surface area contributed by atoms with Crippen LogP contribution in [0.3, 0.4) is 0 Å². The third-order valence-corrected chi connectivity index (χ3v) is 3.51. The van der Waals surface area contributed by atoms with E-state index in [9.17, 15) is 28.7 Å². The molecule has 0 amide bonds. The van der Waals surface area contributed by atoms with Crippen LogP contribution in [0.25, 0.3) is 0 Å². The molecule has 0 saturated carbocycles. The second kappa shape index (κ2) is 7.49. The molecule has 0 spiro atoms. The van der Waals surface area contributed by atoms with E-state index >= 15 is 0 Å². The van der Waals surface area contributed by atoms with E-state index in [0.29, 0.717) is 0 Å². The first-order valence-electron chi connectivity index (χ1n) is 7.23. The maximum Gasteiger partial charge on any atom is 0.330 e. The number of hydrogen-bond donors (Lipinski definition) is 2. The van der Waals surface area contributed by atoms with Gasteiger partial charge in [0.25, 0.3) is 5.56 Å². The zero-order chi connectivity index (χ0) is 17.9. The maximum atomic E-state index is 14.2. The molecule has 24 heavy (non-hydrogen) atoms. The summed E-state index contributed by atoms with van der Waals surface area (Å²) in [5.41, 5.74) is -1.54. The van der Waals surface area contributed by atoms with E-state index in [4.69, 9.17) is 9.47 Å². The van der Waals surface area contributed by atoms with Crippen LogP contribution in [0, 0.1) is 0 Å². The van der Waals surface area contributed by atoms with Crippen molar-refractivity contribution in [2.45, 2.75) is 44.4 Å². The van der Waals surface area contributed by atoms with Crippen LogP contribution >= 0.6 is 0 Å². The Morgan fingerprint density at radius 2 is 2.12 bits per heavy atom. The number of Topliss-reactive ketones (excluding diaryl/α,β-unsaturated/α-hetero) is 1. The SMILES string of the molecule is CC(=O)CCC(=O)OC[C@H]1O[C@@H](n2ccc(=O)[nH]c2=O)[C@H](F)[C@@H]1O. The van der Waals surface area contributed by atoms with Crippen molar-refractivity contribution < 1.29 is 28.6 Å². The second-order valence-electron chi connectivity index (χ2n) is 5.40. The summed E-state index contributed by atoms with van der Waals surface area (Å²) < 4.78 is 25.0. The fourth-order valence-electron chi connectivity index (χ4n) is 2.22. The highest BCUT2D eigenvalue weighted by molar-refractivity contribution is 5.80. The van der Waals surface area contributed by atoms with Crippen LogP contribution in [0.1, 0.15) is 26.0 Å². The van der Waals surface area contributed by atoms with E-state index in [0.717, 1.165) is 16.8 Å². The normalized spacial score (nSPS) is 26.3. The first-order chi connectivity index (χ1) is 11.3. The van der Waals surface area contributed by atoms with Crippen LogP contribution < -0.4 is 11.2 Å². The highest BCUT2D eigenvalue weighted by Crippen LogP contribution is 2.30. The number of carbonyl (C=O) groups excluding carboxylic acids is 2. The summed E-state index contributed by atoms with van der Waals surface area (Å²) in [6.45, 7) is 0.907. The molecule has 2 rings (SSSR count). The monoisotopic (exact) mass is 344 g/mol. The molecule has 0 aliphatic carbocycles. The quantitative estimate of drug-likeness (QED) is 0.637. The van der Waals surface area contributed by atoms with Crippen LogP contribution in [0.2, 0.25) is 0 Å². The number of nitrogens with zero attached hydrogens (tertiary/aromatic N) is 1. The number of esters is 1. The van der Waals surface area contributed by atoms with Gasteiger partial charge in [0.15, 0.2) is 12.4 Å². The third-order valence-electron chi connectivity index (χ3n) is 3.51. The fourth-order valence-corrected chi connectivity index (χ4v) is 2.22. The molecule has 1 aromatic heterocycles. The van der Waals surface area contributed by atoms with Gasteiger partial charge in [0.1, 0.15) is 24.6 Å². The van der Waals surface area contributed by atoms with E-state index in [2.05, 4.69) is 0 Å². The number of halogens is 1. The summed E-state index contributed by atoms with van der Waals surface area (Å²) in [7, 11) is 0. The van der Waals surface area contributed by atoms with Gasteiger partial charge in [-0.1, -0.05) is 0 Å². The molecule has 1 saturated heterocycles. The Morgan fingerprint density at radius 3 is 2.75 bits per heavy atom. The van der Waals surface area contributed by atoms with E-state index in [-0.39, 0.29) is 18.6 Å². The third kappa shape index (κ3) is 4.15. The van der Waals surface area contributed by atoms with Gasteiger partial charge in [-0.25, -0.2) is 9.18 Å². The summed E-state index contributed by atoms with van der Waals surface area (Å²) in [6, 6.07) is 1.01.